The van der Waals surface area contributed by atoms with E-state index in [-0.39, 0.29) is 5.91 Å². The predicted octanol–water partition coefficient (Wildman–Crippen LogP) is 3.54. The summed E-state index contributed by atoms with van der Waals surface area (Å²) in [5, 5.41) is 11.0. The molecule has 1 heterocycles. The number of nitrogens with one attached hydrogen (secondary N) is 3. The summed E-state index contributed by atoms with van der Waals surface area (Å²) in [6.07, 6.45) is 9.95. The van der Waals surface area contributed by atoms with Gasteiger partial charge in [0.15, 0.2) is 5.82 Å². The van der Waals surface area contributed by atoms with Crippen molar-refractivity contribution in [2.45, 2.75) is 32.1 Å². The number of carbonyl (C=O) groups is 1. The molecule has 0 atom stereocenters. The minimum Gasteiger partial charge on any atom is -0.384 e. The van der Waals surface area contributed by atoms with Gasteiger partial charge in [0.05, 0.1) is 5.56 Å². The van der Waals surface area contributed by atoms with Crippen molar-refractivity contribution in [2.24, 2.45) is 0 Å². The second-order valence-electron chi connectivity index (χ2n) is 6.02. The van der Waals surface area contributed by atoms with Crippen LogP contribution in [0.25, 0.3) is 0 Å². The van der Waals surface area contributed by atoms with Gasteiger partial charge in [0.2, 0.25) is 0 Å². The summed E-state index contributed by atoms with van der Waals surface area (Å²) in [5.74, 6) is 0.274. The SMILES string of the molecule is O=C(NNc1cccnn1)c1ccccc1NCCC1=CCCCC1. The summed E-state index contributed by atoms with van der Waals surface area (Å²) in [5.41, 5.74) is 8.36. The molecular formula is C19H23N5O. The maximum atomic E-state index is 12.4. The number of hydrazine groups is 1. The Bertz CT molecular complexity index is 730. The lowest BCUT2D eigenvalue weighted by molar-refractivity contribution is 0.0963. The number of nitrogens with zero attached hydrogens (tertiary/aromatic N) is 2. The minimum atomic E-state index is -0.217. The number of aromatic nitrogens is 2. The Kier molecular flexibility index (Phi) is 5.98. The van der Waals surface area contributed by atoms with Gasteiger partial charge >= 0.3 is 0 Å². The molecule has 1 amide bonds. The zero-order valence-corrected chi connectivity index (χ0v) is 14.2. The highest BCUT2D eigenvalue weighted by Gasteiger charge is 2.11. The molecule has 0 saturated carbocycles. The Hall–Kier alpha value is -2.89. The van der Waals surface area contributed by atoms with Gasteiger partial charge in [-0.1, -0.05) is 23.8 Å². The van der Waals surface area contributed by atoms with Crippen molar-refractivity contribution in [3.63, 3.8) is 0 Å². The summed E-state index contributed by atoms with van der Waals surface area (Å²) in [7, 11) is 0. The van der Waals surface area contributed by atoms with Crippen LogP contribution in [0.4, 0.5) is 11.5 Å². The monoisotopic (exact) mass is 337 g/mol. The van der Waals surface area contributed by atoms with E-state index >= 15 is 0 Å². The van der Waals surface area contributed by atoms with Crippen LogP contribution in [0.15, 0.2) is 54.2 Å². The van der Waals surface area contributed by atoms with Crippen molar-refractivity contribution in [1.29, 1.82) is 0 Å². The lowest BCUT2D eigenvalue weighted by atomic mass is 9.97. The van der Waals surface area contributed by atoms with Crippen LogP contribution in [0.1, 0.15) is 42.5 Å². The van der Waals surface area contributed by atoms with E-state index in [2.05, 4.69) is 32.4 Å². The lowest BCUT2D eigenvalue weighted by Gasteiger charge is -2.15. The topological polar surface area (TPSA) is 78.9 Å². The zero-order chi connectivity index (χ0) is 17.3. The van der Waals surface area contributed by atoms with Crippen molar-refractivity contribution in [3.8, 4) is 0 Å². The first-order chi connectivity index (χ1) is 12.3. The van der Waals surface area contributed by atoms with Gasteiger partial charge in [-0.3, -0.25) is 15.6 Å². The Balaban J connectivity index is 1.56. The van der Waals surface area contributed by atoms with Gasteiger partial charge in [-0.2, -0.15) is 5.10 Å². The molecule has 3 N–H and O–H groups in total. The molecule has 1 aromatic heterocycles. The fraction of sp³-hybridized carbons (Fsp3) is 0.316. The van der Waals surface area contributed by atoms with Crippen LogP contribution in [0, 0.1) is 0 Å². The average Bonchev–Trinajstić information content (AvgIpc) is 2.68. The molecule has 1 aliphatic carbocycles. The summed E-state index contributed by atoms with van der Waals surface area (Å²) in [4.78, 5) is 12.4. The first-order valence-electron chi connectivity index (χ1n) is 8.68. The van der Waals surface area contributed by atoms with E-state index in [9.17, 15) is 4.79 Å². The van der Waals surface area contributed by atoms with Gasteiger partial charge in [-0.25, -0.2) is 0 Å². The molecule has 0 unspecified atom stereocenters. The van der Waals surface area contributed by atoms with Gasteiger partial charge in [0.1, 0.15) is 0 Å². The van der Waals surface area contributed by atoms with Crippen LogP contribution in [0.5, 0.6) is 0 Å². The van der Waals surface area contributed by atoms with Crippen molar-refractivity contribution in [2.75, 3.05) is 17.3 Å². The Morgan fingerprint density at radius 2 is 2.04 bits per heavy atom. The summed E-state index contributed by atoms with van der Waals surface area (Å²) < 4.78 is 0. The number of rotatable bonds is 7. The lowest BCUT2D eigenvalue weighted by Crippen LogP contribution is -2.30. The first-order valence-corrected chi connectivity index (χ1v) is 8.68. The highest BCUT2D eigenvalue weighted by atomic mass is 16.2. The van der Waals surface area contributed by atoms with E-state index < -0.39 is 0 Å². The molecule has 130 valence electrons. The molecule has 6 heteroatoms. The maximum Gasteiger partial charge on any atom is 0.271 e. The number of amides is 1. The highest BCUT2D eigenvalue weighted by Crippen LogP contribution is 2.21. The van der Waals surface area contributed by atoms with E-state index in [0.717, 1.165) is 18.7 Å². The third-order valence-electron chi connectivity index (χ3n) is 4.19. The average molecular weight is 337 g/mol. The summed E-state index contributed by atoms with van der Waals surface area (Å²) in [6.45, 7) is 0.827. The Morgan fingerprint density at radius 1 is 1.12 bits per heavy atom. The third-order valence-corrected chi connectivity index (χ3v) is 4.19. The molecule has 0 saturated heterocycles. The Morgan fingerprint density at radius 3 is 2.84 bits per heavy atom. The van der Waals surface area contributed by atoms with Crippen molar-refractivity contribution in [1.82, 2.24) is 15.6 Å². The summed E-state index contributed by atoms with van der Waals surface area (Å²) >= 11 is 0. The number of allylic oxidation sites excluding steroid dienone is 1. The maximum absolute atomic E-state index is 12.4. The number of hydrogen-bond donors (Lipinski definition) is 3. The number of benzene rings is 1. The van der Waals surface area contributed by atoms with Crippen molar-refractivity contribution < 1.29 is 4.79 Å². The quantitative estimate of drug-likeness (QED) is 0.532. The number of hydrogen-bond acceptors (Lipinski definition) is 5. The smallest absolute Gasteiger partial charge is 0.271 e. The van der Waals surface area contributed by atoms with Gasteiger partial charge in [0.25, 0.3) is 5.91 Å². The van der Waals surface area contributed by atoms with Crippen LogP contribution >= 0.6 is 0 Å². The van der Waals surface area contributed by atoms with Gasteiger partial charge in [0, 0.05) is 18.4 Å². The van der Waals surface area contributed by atoms with E-state index in [0.29, 0.717) is 11.4 Å². The molecule has 0 radical (unpaired) electrons. The molecule has 6 nitrogen and oxygen atoms in total. The third kappa shape index (κ3) is 5.04. The predicted molar refractivity (Wildman–Crippen MR) is 99.2 cm³/mol. The Labute approximate surface area is 147 Å². The van der Waals surface area contributed by atoms with Crippen LogP contribution in [-0.2, 0) is 0 Å². The number of carbonyl (C=O) groups excluding carboxylic acids is 1. The van der Waals surface area contributed by atoms with Crippen LogP contribution < -0.4 is 16.2 Å². The molecule has 25 heavy (non-hydrogen) atoms. The molecule has 0 fully saturated rings. The van der Waals surface area contributed by atoms with Crippen molar-refractivity contribution >= 4 is 17.4 Å². The molecule has 3 rings (SSSR count). The van der Waals surface area contributed by atoms with E-state index in [1.165, 1.54) is 31.3 Å². The number of para-hydroxylation sites is 1. The highest BCUT2D eigenvalue weighted by molar-refractivity contribution is 6.00. The standard InChI is InChI=1S/C19H23N5O/c25-19(24-23-18-11-6-13-21-22-18)16-9-4-5-10-17(16)20-14-12-15-7-2-1-3-8-15/h4-7,9-11,13,20H,1-3,8,12,14H2,(H,22,23)(H,24,25). The minimum absolute atomic E-state index is 0.217. The molecule has 2 aromatic rings. The molecular weight excluding hydrogens is 314 g/mol. The van der Waals surface area contributed by atoms with E-state index in [1.54, 1.807) is 24.4 Å². The van der Waals surface area contributed by atoms with Crippen LogP contribution in [-0.4, -0.2) is 22.6 Å². The number of anilines is 2. The molecule has 1 aromatic carbocycles. The molecule has 0 spiro atoms. The fourth-order valence-electron chi connectivity index (χ4n) is 2.88. The van der Waals surface area contributed by atoms with Crippen molar-refractivity contribution in [3.05, 3.63) is 59.8 Å². The second-order valence-corrected chi connectivity index (χ2v) is 6.02. The van der Waals surface area contributed by atoms with Crippen LogP contribution in [0.2, 0.25) is 0 Å². The zero-order valence-electron chi connectivity index (χ0n) is 14.2. The largest absolute Gasteiger partial charge is 0.384 e. The van der Waals surface area contributed by atoms with Gasteiger partial charge in [-0.05, 0) is 56.4 Å². The fourth-order valence-corrected chi connectivity index (χ4v) is 2.88. The van der Waals surface area contributed by atoms with E-state index in [1.807, 2.05) is 18.2 Å². The second kappa shape index (κ2) is 8.82. The molecule has 0 bridgehead atoms. The van der Waals surface area contributed by atoms with Gasteiger partial charge in [-0.15, -0.1) is 5.10 Å². The molecule has 1 aliphatic rings. The normalized spacial score (nSPS) is 13.7. The van der Waals surface area contributed by atoms with E-state index in [4.69, 9.17) is 0 Å². The van der Waals surface area contributed by atoms with Crippen LogP contribution in [0.3, 0.4) is 0 Å². The van der Waals surface area contributed by atoms with Gasteiger partial charge < -0.3 is 5.32 Å². The summed E-state index contributed by atoms with van der Waals surface area (Å²) in [6, 6.07) is 11.0. The molecule has 0 aliphatic heterocycles. The first kappa shape index (κ1) is 17.0.